The van der Waals surface area contributed by atoms with Gasteiger partial charge in [0.25, 0.3) is 0 Å². The van der Waals surface area contributed by atoms with Crippen molar-refractivity contribution in [1.82, 2.24) is 4.98 Å². The van der Waals surface area contributed by atoms with Crippen molar-refractivity contribution in [2.24, 2.45) is 0 Å². The largest absolute Gasteiger partial charge is 0.461 e. The molecule has 0 radical (unpaired) electrons. The molecule has 4 rings (SSSR count). The Labute approximate surface area is 174 Å². The summed E-state index contributed by atoms with van der Waals surface area (Å²) >= 11 is 1.52. The number of nitrogens with zero attached hydrogens (tertiary/aromatic N) is 1. The minimum Gasteiger partial charge on any atom is -0.461 e. The molecule has 0 saturated heterocycles. The lowest BCUT2D eigenvalue weighted by Gasteiger charge is -2.01. The summed E-state index contributed by atoms with van der Waals surface area (Å²) in [4.78, 5) is 17.7. The van der Waals surface area contributed by atoms with Gasteiger partial charge in [-0.2, -0.15) is 0 Å². The van der Waals surface area contributed by atoms with Gasteiger partial charge < -0.3 is 9.73 Å². The highest BCUT2D eigenvalue weighted by atomic mass is 32.1. The predicted molar refractivity (Wildman–Crippen MR) is 117 cm³/mol. The topological polar surface area (TPSA) is 55.1 Å². The van der Waals surface area contributed by atoms with E-state index in [9.17, 15) is 4.79 Å². The van der Waals surface area contributed by atoms with E-state index in [1.165, 1.54) is 22.5 Å². The molecule has 0 aliphatic heterocycles. The van der Waals surface area contributed by atoms with Crippen LogP contribution in [0.3, 0.4) is 0 Å². The van der Waals surface area contributed by atoms with Crippen molar-refractivity contribution in [2.75, 3.05) is 5.32 Å². The summed E-state index contributed by atoms with van der Waals surface area (Å²) in [5, 5.41) is 3.53. The Kier molecular flexibility index (Phi) is 5.86. The van der Waals surface area contributed by atoms with Gasteiger partial charge in [0.05, 0.1) is 0 Å². The normalized spacial score (nSPS) is 10.8. The van der Waals surface area contributed by atoms with Crippen LogP contribution in [0.15, 0.2) is 77.3 Å². The van der Waals surface area contributed by atoms with Gasteiger partial charge in [0.1, 0.15) is 11.5 Å². The summed E-state index contributed by atoms with van der Waals surface area (Å²) in [5.41, 5.74) is 3.52. The minimum absolute atomic E-state index is 0.0566. The van der Waals surface area contributed by atoms with Crippen LogP contribution in [0.25, 0.3) is 11.3 Å². The summed E-state index contributed by atoms with van der Waals surface area (Å²) in [5.74, 6) is 1.57. The van der Waals surface area contributed by atoms with Gasteiger partial charge >= 0.3 is 0 Å². The van der Waals surface area contributed by atoms with Crippen LogP contribution < -0.4 is 5.32 Å². The highest BCUT2D eigenvalue weighted by molar-refractivity contribution is 7.15. The Morgan fingerprint density at radius 1 is 1.03 bits per heavy atom. The quantitative estimate of drug-likeness (QED) is 0.420. The standard InChI is InChI=1S/C24H22N2O2S/c1-17-7-9-18(10-8-17)15-21-16-25-24(29-21)26-23(27)14-12-20-11-13-22(28-20)19-5-3-2-4-6-19/h2-11,13,16H,12,14-15H2,1H3,(H,25,26,27). The highest BCUT2D eigenvalue weighted by Gasteiger charge is 2.10. The van der Waals surface area contributed by atoms with Gasteiger partial charge in [0.2, 0.25) is 5.91 Å². The van der Waals surface area contributed by atoms with Crippen molar-refractivity contribution in [3.63, 3.8) is 0 Å². The first-order chi connectivity index (χ1) is 14.2. The lowest BCUT2D eigenvalue weighted by Crippen LogP contribution is -2.11. The number of nitrogens with one attached hydrogen (secondary N) is 1. The average Bonchev–Trinajstić information content (AvgIpc) is 3.38. The lowest BCUT2D eigenvalue weighted by molar-refractivity contribution is -0.116. The van der Waals surface area contributed by atoms with Gasteiger partial charge in [-0.25, -0.2) is 4.98 Å². The van der Waals surface area contributed by atoms with E-state index in [0.29, 0.717) is 18.0 Å². The SMILES string of the molecule is Cc1ccc(Cc2cnc(NC(=O)CCc3ccc(-c4ccccc4)o3)s2)cc1. The summed E-state index contributed by atoms with van der Waals surface area (Å²) in [6, 6.07) is 22.3. The molecule has 4 aromatic rings. The molecular formula is C24H22N2O2S. The van der Waals surface area contributed by atoms with Crippen LogP contribution in [0.4, 0.5) is 5.13 Å². The van der Waals surface area contributed by atoms with Gasteiger partial charge in [-0.05, 0) is 24.6 Å². The molecule has 1 amide bonds. The second-order valence-electron chi connectivity index (χ2n) is 6.97. The average molecular weight is 403 g/mol. The van der Waals surface area contributed by atoms with Crippen LogP contribution in [-0.4, -0.2) is 10.9 Å². The molecule has 0 saturated carbocycles. The summed E-state index contributed by atoms with van der Waals surface area (Å²) in [6.07, 6.45) is 3.57. The monoisotopic (exact) mass is 402 g/mol. The maximum absolute atomic E-state index is 12.3. The third-order valence-corrected chi connectivity index (χ3v) is 5.53. The van der Waals surface area contributed by atoms with Gasteiger partial charge in [-0.3, -0.25) is 4.79 Å². The number of aromatic nitrogens is 1. The number of carbonyl (C=O) groups excluding carboxylic acids is 1. The van der Waals surface area contributed by atoms with Gasteiger partial charge in [0.15, 0.2) is 5.13 Å². The molecule has 4 nitrogen and oxygen atoms in total. The third kappa shape index (κ3) is 5.21. The van der Waals surface area contributed by atoms with Gasteiger partial charge in [-0.1, -0.05) is 60.2 Å². The van der Waals surface area contributed by atoms with Crippen molar-refractivity contribution in [3.05, 3.63) is 94.7 Å². The first-order valence-corrected chi connectivity index (χ1v) is 10.4. The second-order valence-corrected chi connectivity index (χ2v) is 8.09. The molecule has 0 unspecified atom stereocenters. The summed E-state index contributed by atoms with van der Waals surface area (Å²) in [6.45, 7) is 2.08. The first-order valence-electron chi connectivity index (χ1n) is 9.60. The van der Waals surface area contributed by atoms with Crippen LogP contribution in [0.1, 0.15) is 28.2 Å². The highest BCUT2D eigenvalue weighted by Crippen LogP contribution is 2.24. The van der Waals surface area contributed by atoms with Crippen LogP contribution in [0.2, 0.25) is 0 Å². The number of carbonyl (C=O) groups is 1. The Hall–Kier alpha value is -3.18. The van der Waals surface area contributed by atoms with Crippen LogP contribution in [0.5, 0.6) is 0 Å². The van der Waals surface area contributed by atoms with Gasteiger partial charge in [0, 0.05) is 35.9 Å². The molecule has 0 aliphatic rings. The molecule has 0 bridgehead atoms. The van der Waals surface area contributed by atoms with Crippen LogP contribution in [-0.2, 0) is 17.6 Å². The maximum Gasteiger partial charge on any atom is 0.226 e. The zero-order chi connectivity index (χ0) is 20.1. The van der Waals surface area contributed by atoms with Crippen molar-refractivity contribution < 1.29 is 9.21 Å². The molecule has 0 spiro atoms. The molecule has 2 aromatic heterocycles. The molecule has 2 aromatic carbocycles. The van der Waals surface area contributed by atoms with E-state index < -0.39 is 0 Å². The second kappa shape index (κ2) is 8.88. The van der Waals surface area contributed by atoms with E-state index >= 15 is 0 Å². The molecule has 0 atom stereocenters. The molecule has 2 heterocycles. The van der Waals surface area contributed by atoms with Crippen molar-refractivity contribution in [2.45, 2.75) is 26.2 Å². The van der Waals surface area contributed by atoms with Crippen molar-refractivity contribution >= 4 is 22.4 Å². The fourth-order valence-corrected chi connectivity index (χ4v) is 3.91. The van der Waals surface area contributed by atoms with Crippen LogP contribution >= 0.6 is 11.3 Å². The number of rotatable bonds is 7. The Morgan fingerprint density at radius 3 is 2.62 bits per heavy atom. The Morgan fingerprint density at radius 2 is 1.83 bits per heavy atom. The molecule has 0 fully saturated rings. The minimum atomic E-state index is -0.0566. The van der Waals surface area contributed by atoms with E-state index in [4.69, 9.17) is 4.42 Å². The van der Waals surface area contributed by atoms with E-state index in [-0.39, 0.29) is 5.91 Å². The van der Waals surface area contributed by atoms with Gasteiger partial charge in [-0.15, -0.1) is 11.3 Å². The van der Waals surface area contributed by atoms with Crippen molar-refractivity contribution in [3.8, 4) is 11.3 Å². The molecule has 1 N–H and O–H groups in total. The van der Waals surface area contributed by atoms with E-state index in [1.54, 1.807) is 0 Å². The third-order valence-electron chi connectivity index (χ3n) is 4.62. The maximum atomic E-state index is 12.3. The molecule has 5 heteroatoms. The molecule has 146 valence electrons. The number of amides is 1. The molecule has 0 aliphatic carbocycles. The number of hydrogen-bond acceptors (Lipinski definition) is 4. The smallest absolute Gasteiger partial charge is 0.226 e. The van der Waals surface area contributed by atoms with Crippen LogP contribution in [0, 0.1) is 6.92 Å². The number of benzene rings is 2. The number of furan rings is 1. The number of aryl methyl sites for hydroxylation is 2. The molecule has 29 heavy (non-hydrogen) atoms. The Bertz CT molecular complexity index is 1080. The summed E-state index contributed by atoms with van der Waals surface area (Å²) < 4.78 is 5.86. The summed E-state index contributed by atoms with van der Waals surface area (Å²) in [7, 11) is 0. The lowest BCUT2D eigenvalue weighted by atomic mass is 10.1. The molecular weight excluding hydrogens is 380 g/mol. The Balaban J connectivity index is 1.28. The first kappa shape index (κ1) is 19.2. The van der Waals surface area contributed by atoms with Crippen molar-refractivity contribution in [1.29, 1.82) is 0 Å². The fraction of sp³-hybridized carbons (Fsp3) is 0.167. The fourth-order valence-electron chi connectivity index (χ4n) is 3.04. The number of anilines is 1. The van der Waals surface area contributed by atoms with E-state index in [2.05, 4.69) is 41.5 Å². The zero-order valence-electron chi connectivity index (χ0n) is 16.2. The predicted octanol–water partition coefficient (Wildman–Crippen LogP) is 5.87. The zero-order valence-corrected chi connectivity index (χ0v) is 17.0. The van der Waals surface area contributed by atoms with E-state index in [1.807, 2.05) is 48.7 Å². The van der Waals surface area contributed by atoms with E-state index in [0.717, 1.165) is 28.4 Å². The number of hydrogen-bond donors (Lipinski definition) is 1. The number of thiazole rings is 1.